The van der Waals surface area contributed by atoms with Crippen molar-refractivity contribution in [2.45, 2.75) is 0 Å². The van der Waals surface area contributed by atoms with E-state index in [1.165, 1.54) is 11.1 Å². The number of phenols is 5. The maximum absolute atomic E-state index is 11.1. The summed E-state index contributed by atoms with van der Waals surface area (Å²) in [4.78, 5) is 0. The Kier molecular flexibility index (Phi) is 8.50. The summed E-state index contributed by atoms with van der Waals surface area (Å²) in [5, 5.41) is 58.7. The van der Waals surface area contributed by atoms with Crippen molar-refractivity contribution in [3.05, 3.63) is 188 Å². The Morgan fingerprint density at radius 2 is 0.627 bits per heavy atom. The van der Waals surface area contributed by atoms with Gasteiger partial charge >= 0.3 is 0 Å². The van der Waals surface area contributed by atoms with Gasteiger partial charge in [0.15, 0.2) is 11.5 Å². The Bertz CT molecular complexity index is 3100. The summed E-state index contributed by atoms with van der Waals surface area (Å²) in [6.07, 6.45) is 0. The Labute approximate surface area is 340 Å². The van der Waals surface area contributed by atoms with Crippen LogP contribution < -0.4 is 0 Å². The zero-order valence-electron chi connectivity index (χ0n) is 31.6. The third-order valence-corrected chi connectivity index (χ3v) is 11.4. The number of rotatable bonds is 6. The quantitative estimate of drug-likeness (QED) is 0.0659. The van der Waals surface area contributed by atoms with E-state index in [4.69, 9.17) is 0 Å². The molecule has 0 saturated carbocycles. The van der Waals surface area contributed by atoms with Gasteiger partial charge in [-0.15, -0.1) is 0 Å². The van der Waals surface area contributed by atoms with Gasteiger partial charge in [-0.1, -0.05) is 164 Å². The predicted octanol–water partition coefficient (Wildman–Crippen LogP) is 13.7. The second-order valence-corrected chi connectivity index (χ2v) is 14.8. The van der Waals surface area contributed by atoms with Gasteiger partial charge in [-0.3, -0.25) is 0 Å². The van der Waals surface area contributed by atoms with Crippen LogP contribution in [0.4, 0.5) is 0 Å². The number of fused-ring (bicyclic) bond motifs is 3. The van der Waals surface area contributed by atoms with Crippen LogP contribution in [-0.4, -0.2) is 25.5 Å². The fraction of sp³-hybridized carbons (Fsp3) is 0. The van der Waals surface area contributed by atoms with Crippen molar-refractivity contribution in [2.24, 2.45) is 0 Å². The molecule has 0 aliphatic carbocycles. The minimum absolute atomic E-state index is 0.177. The van der Waals surface area contributed by atoms with E-state index in [-0.39, 0.29) is 5.56 Å². The molecule has 0 aliphatic heterocycles. The Morgan fingerprint density at radius 1 is 0.220 bits per heavy atom. The largest absolute Gasteiger partial charge is 0.504 e. The van der Waals surface area contributed by atoms with Gasteiger partial charge in [-0.05, 0) is 112 Å². The van der Waals surface area contributed by atoms with E-state index in [2.05, 4.69) is 127 Å². The fourth-order valence-corrected chi connectivity index (χ4v) is 8.54. The number of hydrogen-bond donors (Lipinski definition) is 5. The molecule has 0 aromatic heterocycles. The van der Waals surface area contributed by atoms with Crippen LogP contribution in [-0.2, 0) is 0 Å². The molecule has 282 valence electrons. The van der Waals surface area contributed by atoms with Crippen molar-refractivity contribution >= 4 is 32.3 Å². The van der Waals surface area contributed by atoms with Gasteiger partial charge in [0, 0.05) is 5.56 Å². The van der Waals surface area contributed by atoms with Crippen molar-refractivity contribution < 1.29 is 25.5 Å². The molecule has 0 amide bonds. The molecule has 10 rings (SSSR count). The Morgan fingerprint density at radius 3 is 1.14 bits per heavy atom. The summed E-state index contributed by atoms with van der Waals surface area (Å²) < 4.78 is 0. The lowest BCUT2D eigenvalue weighted by molar-refractivity contribution is 0.330. The third kappa shape index (κ3) is 5.96. The van der Waals surface area contributed by atoms with E-state index in [9.17, 15) is 25.5 Å². The first-order valence-corrected chi connectivity index (χ1v) is 19.4. The van der Waals surface area contributed by atoms with Crippen molar-refractivity contribution in [1.82, 2.24) is 0 Å². The van der Waals surface area contributed by atoms with Gasteiger partial charge in [0.25, 0.3) is 0 Å². The maximum Gasteiger partial charge on any atom is 0.208 e. The van der Waals surface area contributed by atoms with Crippen LogP contribution >= 0.6 is 0 Å². The van der Waals surface area contributed by atoms with E-state index in [0.29, 0.717) is 16.3 Å². The second kappa shape index (κ2) is 14.2. The normalized spacial score (nSPS) is 11.4. The molecule has 0 spiro atoms. The lowest BCUT2D eigenvalue weighted by Gasteiger charge is -2.20. The highest BCUT2D eigenvalue weighted by atomic mass is 16.4. The third-order valence-electron chi connectivity index (χ3n) is 11.4. The number of benzene rings is 10. The zero-order valence-corrected chi connectivity index (χ0v) is 31.6. The molecule has 0 bridgehead atoms. The predicted molar refractivity (Wildman–Crippen MR) is 240 cm³/mol. The van der Waals surface area contributed by atoms with Gasteiger partial charge in [0.2, 0.25) is 17.2 Å². The average molecular weight is 765 g/mol. The molecule has 0 unspecified atom stereocenters. The molecular weight excluding hydrogens is 729 g/mol. The molecule has 0 saturated heterocycles. The summed E-state index contributed by atoms with van der Waals surface area (Å²) in [5.74, 6) is -4.30. The molecule has 59 heavy (non-hydrogen) atoms. The van der Waals surface area contributed by atoms with E-state index in [1.807, 2.05) is 60.7 Å². The van der Waals surface area contributed by atoms with Gasteiger partial charge in [0.05, 0.1) is 5.56 Å². The molecule has 0 heterocycles. The van der Waals surface area contributed by atoms with E-state index in [0.717, 1.165) is 66.1 Å². The standard InChI is InChI=1S/C54H36O5/c55-50-49(51(56)53(58)54(59)52(50)57)48-44-19-9-7-17-42(44)47(43-18-8-10-20-45(43)48)37-27-26-35-16-11-21-41(46(35)31-37)36-24-22-34(23-25-36)40-29-38(32-12-3-1-4-13-32)28-39(30-40)33-14-5-2-6-15-33/h1-31,55-59H. The summed E-state index contributed by atoms with van der Waals surface area (Å²) >= 11 is 0. The van der Waals surface area contributed by atoms with Crippen LogP contribution in [0.5, 0.6) is 28.7 Å². The highest BCUT2D eigenvalue weighted by Crippen LogP contribution is 2.57. The minimum atomic E-state index is -0.995. The van der Waals surface area contributed by atoms with Crippen LogP contribution in [0.25, 0.3) is 99.1 Å². The first-order valence-electron chi connectivity index (χ1n) is 19.4. The SMILES string of the molecule is Oc1c(O)c(O)c(-c2c3ccccc3c(-c3ccc4cccc(-c5ccc(-c6cc(-c7ccccc7)cc(-c7ccccc7)c6)cc5)c4c3)c3ccccc23)c(O)c1O. The summed E-state index contributed by atoms with van der Waals surface area (Å²) in [7, 11) is 0. The topological polar surface area (TPSA) is 101 Å². The first-order chi connectivity index (χ1) is 28.9. The van der Waals surface area contributed by atoms with Crippen molar-refractivity contribution in [2.75, 3.05) is 0 Å². The van der Waals surface area contributed by atoms with E-state index >= 15 is 0 Å². The molecular formula is C54H36O5. The van der Waals surface area contributed by atoms with E-state index < -0.39 is 28.7 Å². The van der Waals surface area contributed by atoms with Crippen molar-refractivity contribution in [1.29, 1.82) is 0 Å². The summed E-state index contributed by atoms with van der Waals surface area (Å²) in [6.45, 7) is 0. The Hall–Kier alpha value is -8.02. The van der Waals surface area contributed by atoms with Crippen LogP contribution in [0.1, 0.15) is 0 Å². The Balaban J connectivity index is 1.12. The van der Waals surface area contributed by atoms with Gasteiger partial charge in [-0.25, -0.2) is 0 Å². The molecule has 0 atom stereocenters. The number of phenolic OH excluding ortho intramolecular Hbond substituents is 5. The lowest BCUT2D eigenvalue weighted by atomic mass is 9.84. The maximum atomic E-state index is 11.1. The average Bonchev–Trinajstić information content (AvgIpc) is 3.30. The minimum Gasteiger partial charge on any atom is -0.504 e. The number of aromatic hydroxyl groups is 5. The zero-order chi connectivity index (χ0) is 40.2. The van der Waals surface area contributed by atoms with Crippen LogP contribution in [0.2, 0.25) is 0 Å². The monoisotopic (exact) mass is 764 g/mol. The smallest absolute Gasteiger partial charge is 0.208 e. The van der Waals surface area contributed by atoms with Crippen LogP contribution in [0, 0.1) is 0 Å². The summed E-state index contributed by atoms with van der Waals surface area (Å²) in [5.41, 5.74) is 11.2. The van der Waals surface area contributed by atoms with Crippen LogP contribution in [0.3, 0.4) is 0 Å². The highest BCUT2D eigenvalue weighted by Gasteiger charge is 2.28. The highest BCUT2D eigenvalue weighted by molar-refractivity contribution is 6.23. The van der Waals surface area contributed by atoms with Crippen molar-refractivity contribution in [3.8, 4) is 95.5 Å². The lowest BCUT2D eigenvalue weighted by Crippen LogP contribution is -1.92. The second-order valence-electron chi connectivity index (χ2n) is 14.8. The molecule has 10 aromatic rings. The molecule has 5 heteroatoms. The molecule has 0 aliphatic rings. The van der Waals surface area contributed by atoms with Crippen molar-refractivity contribution in [3.63, 3.8) is 0 Å². The fourth-order valence-electron chi connectivity index (χ4n) is 8.54. The summed E-state index contributed by atoms with van der Waals surface area (Å²) in [6, 6.07) is 64.6. The molecule has 5 N–H and O–H groups in total. The van der Waals surface area contributed by atoms with Gasteiger partial charge in [0.1, 0.15) is 0 Å². The molecule has 0 radical (unpaired) electrons. The molecule has 10 aromatic carbocycles. The molecule has 0 fully saturated rings. The van der Waals surface area contributed by atoms with Gasteiger partial charge < -0.3 is 25.5 Å². The molecule has 5 nitrogen and oxygen atoms in total. The van der Waals surface area contributed by atoms with Gasteiger partial charge in [-0.2, -0.15) is 0 Å². The number of hydrogen-bond acceptors (Lipinski definition) is 5. The van der Waals surface area contributed by atoms with E-state index in [1.54, 1.807) is 0 Å². The first kappa shape index (κ1) is 35.4. The van der Waals surface area contributed by atoms with Crippen LogP contribution in [0.15, 0.2) is 188 Å².